The van der Waals surface area contributed by atoms with Crippen LogP contribution in [0, 0.1) is 11.7 Å². The van der Waals surface area contributed by atoms with E-state index in [1.807, 2.05) is 4.90 Å². The van der Waals surface area contributed by atoms with Gasteiger partial charge in [0, 0.05) is 55.5 Å². The molecule has 210 valence electrons. The molecule has 0 bridgehead atoms. The molecule has 2 atom stereocenters. The lowest BCUT2D eigenvalue weighted by Gasteiger charge is -2.30. The highest BCUT2D eigenvalue weighted by molar-refractivity contribution is 6.31. The highest BCUT2D eigenvalue weighted by Crippen LogP contribution is 2.38. The minimum absolute atomic E-state index is 0.0114. The van der Waals surface area contributed by atoms with Gasteiger partial charge < -0.3 is 24.8 Å². The third kappa shape index (κ3) is 7.23. The van der Waals surface area contributed by atoms with Crippen LogP contribution in [0.2, 0.25) is 5.02 Å². The van der Waals surface area contributed by atoms with Crippen LogP contribution in [0.5, 0.6) is 5.75 Å². The van der Waals surface area contributed by atoms with Gasteiger partial charge in [0.05, 0.1) is 29.4 Å². The number of methoxy groups -OCH3 is 1. The first-order valence-electron chi connectivity index (χ1n) is 12.9. The van der Waals surface area contributed by atoms with E-state index in [1.165, 1.54) is 24.5 Å². The topological polar surface area (TPSA) is 115 Å². The van der Waals surface area contributed by atoms with Crippen LogP contribution in [-0.4, -0.2) is 72.4 Å². The van der Waals surface area contributed by atoms with Crippen molar-refractivity contribution in [2.45, 2.75) is 25.2 Å². The lowest BCUT2D eigenvalue weighted by atomic mass is 10.2. The van der Waals surface area contributed by atoms with Crippen molar-refractivity contribution in [1.29, 1.82) is 0 Å². The zero-order valence-electron chi connectivity index (χ0n) is 21.8. The van der Waals surface area contributed by atoms with Crippen LogP contribution in [0.4, 0.5) is 15.8 Å². The van der Waals surface area contributed by atoms with E-state index in [0.29, 0.717) is 42.3 Å². The molecule has 10 nitrogen and oxygen atoms in total. The number of carbonyl (C=O) groups is 2. The van der Waals surface area contributed by atoms with Gasteiger partial charge in [-0.15, -0.1) is 0 Å². The van der Waals surface area contributed by atoms with E-state index in [2.05, 4.69) is 20.6 Å². The van der Waals surface area contributed by atoms with Crippen molar-refractivity contribution < 1.29 is 28.2 Å². The van der Waals surface area contributed by atoms with E-state index in [9.17, 15) is 14.0 Å². The Bertz CT molecular complexity index is 1420. The first-order chi connectivity index (χ1) is 19.4. The minimum atomic E-state index is -0.501. The number of ether oxygens (including phenoxy) is 3. The van der Waals surface area contributed by atoms with Crippen molar-refractivity contribution in [1.82, 2.24) is 14.9 Å². The fraction of sp³-hybridized carbons (Fsp3) is 0.357. The maximum Gasteiger partial charge on any atom is 0.320 e. The minimum Gasteiger partial charge on any atom is -0.468 e. The number of hydrogen-bond donors (Lipinski definition) is 2. The molecule has 40 heavy (non-hydrogen) atoms. The molecule has 2 aliphatic rings. The molecule has 1 aliphatic heterocycles. The van der Waals surface area contributed by atoms with Gasteiger partial charge >= 0.3 is 5.97 Å². The molecule has 1 amide bonds. The lowest BCUT2D eigenvalue weighted by molar-refractivity contribution is -0.161. The summed E-state index contributed by atoms with van der Waals surface area (Å²) in [7, 11) is 1.55. The second-order valence-corrected chi connectivity index (χ2v) is 10.1. The molecule has 0 spiro atoms. The fourth-order valence-electron chi connectivity index (χ4n) is 4.43. The van der Waals surface area contributed by atoms with Gasteiger partial charge in [0.15, 0.2) is 6.23 Å². The Balaban J connectivity index is 1.30. The van der Waals surface area contributed by atoms with E-state index in [-0.39, 0.29) is 35.5 Å². The van der Waals surface area contributed by atoms with Crippen molar-refractivity contribution in [2.75, 3.05) is 44.0 Å². The standard InChI is InChI=1S/C28H29ClFN5O5/c1-38-15-20-13-35(14-27(37)39-20)8-2-3-26(36)34-24-9-18-12-31-16-32-23(18)11-25(24)40-28(17-4-5-17)33-19-6-7-22(30)21(29)10-19/h2-3,6-7,9-12,16-17,20,28,33H,4-5,8,13-15H2,1H3,(H,34,36)/t20-,28?/m1/s1. The molecule has 5 rings (SSSR count). The number of halogens is 2. The van der Waals surface area contributed by atoms with Gasteiger partial charge in [-0.05, 0) is 37.1 Å². The van der Waals surface area contributed by atoms with Gasteiger partial charge in [-0.25, -0.2) is 14.4 Å². The first kappa shape index (κ1) is 27.8. The Hall–Kier alpha value is -3.80. The summed E-state index contributed by atoms with van der Waals surface area (Å²) in [5.41, 5.74) is 1.72. The molecule has 1 saturated carbocycles. The lowest BCUT2D eigenvalue weighted by Crippen LogP contribution is -2.47. The summed E-state index contributed by atoms with van der Waals surface area (Å²) in [6, 6.07) is 7.91. The highest BCUT2D eigenvalue weighted by atomic mass is 35.5. The molecule has 12 heteroatoms. The Morgan fingerprint density at radius 2 is 2.17 bits per heavy atom. The fourth-order valence-corrected chi connectivity index (χ4v) is 4.61. The number of carbonyl (C=O) groups excluding carboxylic acids is 2. The summed E-state index contributed by atoms with van der Waals surface area (Å²) < 4.78 is 30.4. The maximum absolute atomic E-state index is 13.7. The zero-order valence-corrected chi connectivity index (χ0v) is 22.6. The van der Waals surface area contributed by atoms with Crippen LogP contribution in [0.25, 0.3) is 10.9 Å². The number of hydrogen-bond acceptors (Lipinski definition) is 9. The molecule has 2 fully saturated rings. The molecule has 2 N–H and O–H groups in total. The Morgan fingerprint density at radius 3 is 2.95 bits per heavy atom. The molecular weight excluding hydrogens is 541 g/mol. The van der Waals surface area contributed by atoms with Gasteiger partial charge in [-0.1, -0.05) is 17.7 Å². The average molecular weight is 570 g/mol. The number of fused-ring (bicyclic) bond motifs is 1. The van der Waals surface area contributed by atoms with Gasteiger partial charge in [0.2, 0.25) is 5.91 Å². The summed E-state index contributed by atoms with van der Waals surface area (Å²) in [6.07, 6.45) is 7.34. The summed E-state index contributed by atoms with van der Waals surface area (Å²) in [5, 5.41) is 6.92. The van der Waals surface area contributed by atoms with E-state index in [1.54, 1.807) is 37.6 Å². The van der Waals surface area contributed by atoms with Crippen LogP contribution in [-0.2, 0) is 19.1 Å². The predicted octanol–water partition coefficient (Wildman–Crippen LogP) is 4.02. The number of aromatic nitrogens is 2. The molecular formula is C28H29ClFN5O5. The number of anilines is 2. The molecule has 0 radical (unpaired) electrons. The van der Waals surface area contributed by atoms with E-state index in [0.717, 1.165) is 18.2 Å². The number of esters is 1. The van der Waals surface area contributed by atoms with Crippen molar-refractivity contribution in [3.8, 4) is 5.75 Å². The van der Waals surface area contributed by atoms with Gasteiger partial charge in [-0.3, -0.25) is 14.5 Å². The number of benzene rings is 2. The molecule has 2 aromatic carbocycles. The Morgan fingerprint density at radius 1 is 1.32 bits per heavy atom. The number of morpholine rings is 1. The first-order valence-corrected chi connectivity index (χ1v) is 13.3. The maximum atomic E-state index is 13.7. The summed E-state index contributed by atoms with van der Waals surface area (Å²) in [5.74, 6) is -0.542. The SMILES string of the molecule is COC[C@H]1CN(CC=CC(=O)Nc2cc3cncnc3cc2OC(Nc2ccc(F)c(Cl)c2)C2CC2)CC(=O)O1. The van der Waals surface area contributed by atoms with Crippen LogP contribution in [0.15, 0.2) is 55.0 Å². The number of rotatable bonds is 11. The summed E-state index contributed by atoms with van der Waals surface area (Å²) in [4.78, 5) is 35.0. The summed E-state index contributed by atoms with van der Waals surface area (Å²) >= 11 is 5.96. The summed E-state index contributed by atoms with van der Waals surface area (Å²) in [6.45, 7) is 1.37. The van der Waals surface area contributed by atoms with Crippen LogP contribution in [0.3, 0.4) is 0 Å². The number of cyclic esters (lactones) is 1. The second-order valence-electron chi connectivity index (χ2n) is 9.73. The number of nitrogens with zero attached hydrogens (tertiary/aromatic N) is 3. The zero-order chi connectivity index (χ0) is 28.1. The van der Waals surface area contributed by atoms with Gasteiger partial charge in [0.1, 0.15) is 24.0 Å². The third-order valence-electron chi connectivity index (χ3n) is 6.49. The van der Waals surface area contributed by atoms with E-state index < -0.39 is 12.0 Å². The smallest absolute Gasteiger partial charge is 0.320 e. The van der Waals surface area contributed by atoms with Crippen molar-refractivity contribution in [3.63, 3.8) is 0 Å². The molecule has 1 aliphatic carbocycles. The van der Waals surface area contributed by atoms with E-state index in [4.69, 9.17) is 25.8 Å². The third-order valence-corrected chi connectivity index (χ3v) is 6.78. The van der Waals surface area contributed by atoms with Gasteiger partial charge in [0.25, 0.3) is 0 Å². The number of amides is 1. The van der Waals surface area contributed by atoms with Crippen molar-refractivity contribution in [3.05, 3.63) is 65.8 Å². The number of nitrogens with one attached hydrogen (secondary N) is 2. The molecule has 1 aromatic heterocycles. The largest absolute Gasteiger partial charge is 0.468 e. The van der Waals surface area contributed by atoms with Crippen LogP contribution >= 0.6 is 11.6 Å². The quantitative estimate of drug-likeness (QED) is 0.201. The van der Waals surface area contributed by atoms with Crippen LogP contribution in [0.1, 0.15) is 12.8 Å². The monoisotopic (exact) mass is 569 g/mol. The van der Waals surface area contributed by atoms with Crippen molar-refractivity contribution >= 4 is 45.8 Å². The Labute approximate surface area is 235 Å². The highest BCUT2D eigenvalue weighted by Gasteiger charge is 2.34. The second kappa shape index (κ2) is 12.6. The molecule has 1 unspecified atom stereocenters. The van der Waals surface area contributed by atoms with E-state index >= 15 is 0 Å². The predicted molar refractivity (Wildman–Crippen MR) is 148 cm³/mol. The normalized spacial score (nSPS) is 18.5. The average Bonchev–Trinajstić information content (AvgIpc) is 3.76. The molecule has 3 aromatic rings. The molecule has 2 heterocycles. The van der Waals surface area contributed by atoms with Gasteiger partial charge in [-0.2, -0.15) is 0 Å². The Kier molecular flexibility index (Phi) is 8.73. The van der Waals surface area contributed by atoms with Crippen molar-refractivity contribution in [2.24, 2.45) is 5.92 Å². The molecule has 1 saturated heterocycles. The van der Waals surface area contributed by atoms with Crippen LogP contribution < -0.4 is 15.4 Å².